The molecule has 2 saturated carbocycles. The van der Waals surface area contributed by atoms with E-state index < -0.39 is 37.9 Å². The van der Waals surface area contributed by atoms with Gasteiger partial charge in [0.25, 0.3) is 0 Å². The number of ketones is 1. The summed E-state index contributed by atoms with van der Waals surface area (Å²) in [6.07, 6.45) is 0.748. The Kier molecular flexibility index (Phi) is 4.41. The van der Waals surface area contributed by atoms with Crippen LogP contribution in [0.4, 0.5) is 0 Å². The Balaban J connectivity index is 2.69. The lowest BCUT2D eigenvalue weighted by Gasteiger charge is -2.42. The lowest BCUT2D eigenvalue weighted by Crippen LogP contribution is -2.59. The predicted octanol–water partition coefficient (Wildman–Crippen LogP) is 1.47. The lowest BCUT2D eigenvalue weighted by atomic mass is 9.79. The summed E-state index contributed by atoms with van der Waals surface area (Å²) in [6.45, 7) is 4.85. The summed E-state index contributed by atoms with van der Waals surface area (Å²) in [6, 6.07) is 0. The minimum atomic E-state index is -1.80. The Morgan fingerprint density at radius 3 is 2.41 bits per heavy atom. The average molecular weight is 442 g/mol. The topological polar surface area (TPSA) is 82.1 Å². The van der Waals surface area contributed by atoms with Crippen LogP contribution in [0.3, 0.4) is 0 Å². The van der Waals surface area contributed by atoms with E-state index in [-0.39, 0.29) is 12.8 Å². The number of methoxy groups -OCH3 is 2. The molecule has 2 aliphatic carbocycles. The van der Waals surface area contributed by atoms with Gasteiger partial charge in [0.15, 0.2) is 10.1 Å². The molecule has 0 radical (unpaired) electrons. The van der Waals surface area contributed by atoms with Crippen LogP contribution in [-0.2, 0) is 23.8 Å². The Bertz CT molecular complexity index is 533. The smallest absolute Gasteiger partial charge is 0.302 e. The number of esters is 1. The molecule has 2 aliphatic rings. The highest BCUT2D eigenvalue weighted by molar-refractivity contribution is 9.11. The molecule has 124 valence electrons. The molecule has 0 aromatic rings. The van der Waals surface area contributed by atoms with E-state index in [1.165, 1.54) is 27.2 Å². The molecule has 0 unspecified atom stereocenters. The van der Waals surface area contributed by atoms with E-state index in [1.807, 2.05) is 0 Å². The van der Waals surface area contributed by atoms with Crippen molar-refractivity contribution >= 4 is 43.6 Å². The average Bonchev–Trinajstić information content (AvgIpc) is 2.69. The third kappa shape index (κ3) is 1.70. The fourth-order valence-electron chi connectivity index (χ4n) is 3.74. The lowest BCUT2D eigenvalue weighted by molar-refractivity contribution is -0.227. The maximum Gasteiger partial charge on any atom is 0.302 e. The molecule has 0 aromatic heterocycles. The zero-order chi connectivity index (χ0) is 17.0. The molecule has 2 fully saturated rings. The number of hydrogen-bond donors (Lipinski definition) is 1. The van der Waals surface area contributed by atoms with E-state index in [2.05, 4.69) is 38.4 Å². The van der Waals surface area contributed by atoms with Crippen molar-refractivity contribution in [2.75, 3.05) is 14.2 Å². The minimum absolute atomic E-state index is 0.00565. The number of carbonyl (C=O) groups is 2. The van der Waals surface area contributed by atoms with Gasteiger partial charge in [-0.3, -0.25) is 9.59 Å². The molecule has 1 N–H and O–H groups in total. The van der Waals surface area contributed by atoms with Crippen LogP contribution in [0.5, 0.6) is 0 Å². The summed E-state index contributed by atoms with van der Waals surface area (Å²) in [5.74, 6) is -2.65. The fraction of sp³-hybridized carbons (Fsp3) is 0.714. The van der Waals surface area contributed by atoms with E-state index in [0.717, 1.165) is 0 Å². The summed E-state index contributed by atoms with van der Waals surface area (Å²) >= 11 is 6.84. The highest BCUT2D eigenvalue weighted by atomic mass is 79.9. The molecule has 0 heterocycles. The number of aliphatic hydroxyl groups is 1. The van der Waals surface area contributed by atoms with Gasteiger partial charge < -0.3 is 19.3 Å². The van der Waals surface area contributed by atoms with Crippen LogP contribution in [0.25, 0.3) is 0 Å². The number of Topliss-reactive ketones (excluding diaryl/α,β-unsaturated/α-hetero) is 1. The SMILES string of the molecule is C=CC[C@]1(O)C(=O)[C@]2(Br)[C@H](OC(C)=O)C[C@@]1(Br)C2(OC)OC. The van der Waals surface area contributed by atoms with Crippen LogP contribution < -0.4 is 0 Å². The maximum atomic E-state index is 13.0. The monoisotopic (exact) mass is 440 g/mol. The number of rotatable bonds is 5. The zero-order valence-electron chi connectivity index (χ0n) is 12.5. The highest BCUT2D eigenvalue weighted by Crippen LogP contribution is 2.70. The Hall–Kier alpha value is -0.280. The number of hydrogen-bond acceptors (Lipinski definition) is 6. The second-order valence-electron chi connectivity index (χ2n) is 5.52. The van der Waals surface area contributed by atoms with Crippen molar-refractivity contribution in [3.63, 3.8) is 0 Å². The first-order valence-corrected chi connectivity index (χ1v) is 8.23. The molecular weight excluding hydrogens is 424 g/mol. The van der Waals surface area contributed by atoms with E-state index in [0.29, 0.717) is 0 Å². The number of carbonyl (C=O) groups excluding carboxylic acids is 2. The van der Waals surface area contributed by atoms with Crippen molar-refractivity contribution in [2.45, 2.75) is 45.9 Å². The molecule has 0 aliphatic heterocycles. The molecule has 2 bridgehead atoms. The van der Waals surface area contributed by atoms with E-state index in [9.17, 15) is 14.7 Å². The van der Waals surface area contributed by atoms with Gasteiger partial charge in [-0.15, -0.1) is 6.58 Å². The third-order valence-corrected chi connectivity index (χ3v) is 7.49. The molecule has 0 saturated heterocycles. The van der Waals surface area contributed by atoms with Gasteiger partial charge in [-0.2, -0.15) is 0 Å². The van der Waals surface area contributed by atoms with Crippen molar-refractivity contribution in [1.29, 1.82) is 0 Å². The first-order chi connectivity index (χ1) is 10.1. The molecule has 4 atom stereocenters. The molecule has 6 nitrogen and oxygen atoms in total. The molecule has 2 rings (SSSR count). The van der Waals surface area contributed by atoms with Crippen LogP contribution in [0.2, 0.25) is 0 Å². The third-order valence-electron chi connectivity index (χ3n) is 4.60. The predicted molar refractivity (Wildman–Crippen MR) is 85.0 cm³/mol. The first-order valence-electron chi connectivity index (χ1n) is 6.64. The summed E-state index contributed by atoms with van der Waals surface area (Å²) < 4.78 is 13.5. The van der Waals surface area contributed by atoms with Gasteiger partial charge in [-0.1, -0.05) is 37.9 Å². The van der Waals surface area contributed by atoms with E-state index >= 15 is 0 Å². The molecule has 0 spiro atoms. The minimum Gasteiger partial charge on any atom is -0.460 e. The molecular formula is C14H18Br2O6. The second kappa shape index (κ2) is 5.37. The van der Waals surface area contributed by atoms with Gasteiger partial charge in [0.05, 0.1) is 0 Å². The van der Waals surface area contributed by atoms with Crippen molar-refractivity contribution in [1.82, 2.24) is 0 Å². The van der Waals surface area contributed by atoms with Gasteiger partial charge >= 0.3 is 5.97 Å². The van der Waals surface area contributed by atoms with Gasteiger partial charge in [-0.25, -0.2) is 0 Å². The van der Waals surface area contributed by atoms with Crippen LogP contribution in [0, 0.1) is 0 Å². The Labute approximate surface area is 145 Å². The largest absolute Gasteiger partial charge is 0.460 e. The highest BCUT2D eigenvalue weighted by Gasteiger charge is 2.90. The van der Waals surface area contributed by atoms with Crippen molar-refractivity contribution < 1.29 is 28.9 Å². The summed E-state index contributed by atoms with van der Waals surface area (Å²) in [4.78, 5) is 24.4. The van der Waals surface area contributed by atoms with Gasteiger partial charge in [0.1, 0.15) is 16.0 Å². The molecule has 8 heteroatoms. The fourth-order valence-corrected chi connectivity index (χ4v) is 6.52. The van der Waals surface area contributed by atoms with E-state index in [1.54, 1.807) is 0 Å². The Morgan fingerprint density at radius 1 is 1.45 bits per heavy atom. The molecule has 0 amide bonds. The van der Waals surface area contributed by atoms with Crippen LogP contribution in [0.1, 0.15) is 19.8 Å². The normalized spacial score (nSPS) is 42.5. The maximum absolute atomic E-state index is 13.0. The number of alkyl halides is 2. The summed E-state index contributed by atoms with van der Waals surface area (Å²) in [5.41, 5.74) is -1.80. The standard InChI is InChI=1S/C14H18Br2O6/c1-5-6-11(19)10(18)13(16)9(22-8(2)17)7-12(11,15)14(13,20-3)21-4/h5,9,19H,1,6-7H2,2-4H3/t9-,11+,12+,13-/m1/s1. The Morgan fingerprint density at radius 2 is 2.00 bits per heavy atom. The van der Waals surface area contributed by atoms with Crippen molar-refractivity contribution in [2.24, 2.45) is 0 Å². The summed E-state index contributed by atoms with van der Waals surface area (Å²) in [7, 11) is 2.75. The van der Waals surface area contributed by atoms with Gasteiger partial charge in [0, 0.05) is 34.0 Å². The quantitative estimate of drug-likeness (QED) is 0.301. The van der Waals surface area contributed by atoms with E-state index in [4.69, 9.17) is 14.2 Å². The number of ether oxygens (including phenoxy) is 3. The van der Waals surface area contributed by atoms with Crippen molar-refractivity contribution in [3.05, 3.63) is 12.7 Å². The van der Waals surface area contributed by atoms with Crippen LogP contribution in [-0.4, -0.2) is 57.2 Å². The van der Waals surface area contributed by atoms with Crippen molar-refractivity contribution in [3.8, 4) is 0 Å². The summed E-state index contributed by atoms with van der Waals surface area (Å²) in [5, 5.41) is 11.0. The van der Waals surface area contributed by atoms with Gasteiger partial charge in [0.2, 0.25) is 5.79 Å². The molecule has 0 aromatic carbocycles. The number of halogens is 2. The first kappa shape index (κ1) is 18.1. The van der Waals surface area contributed by atoms with Crippen LogP contribution >= 0.6 is 31.9 Å². The van der Waals surface area contributed by atoms with Crippen LogP contribution in [0.15, 0.2) is 12.7 Å². The zero-order valence-corrected chi connectivity index (χ0v) is 15.7. The number of fused-ring (bicyclic) bond motifs is 2. The van der Waals surface area contributed by atoms with Gasteiger partial charge in [-0.05, 0) is 0 Å². The second-order valence-corrected chi connectivity index (χ2v) is 8.13. The molecule has 22 heavy (non-hydrogen) atoms.